The summed E-state index contributed by atoms with van der Waals surface area (Å²) in [5.74, 6) is 1.83. The largest absolute Gasteiger partial charge is 0.493 e. The number of ether oxygens (including phenoxy) is 1. The van der Waals surface area contributed by atoms with Crippen LogP contribution in [-0.2, 0) is 4.79 Å². The van der Waals surface area contributed by atoms with Crippen LogP contribution in [0.2, 0.25) is 0 Å². The molecule has 0 bridgehead atoms. The van der Waals surface area contributed by atoms with Crippen molar-refractivity contribution in [1.82, 2.24) is 0 Å². The van der Waals surface area contributed by atoms with Crippen LogP contribution >= 0.6 is 0 Å². The van der Waals surface area contributed by atoms with E-state index in [-0.39, 0.29) is 0 Å². The lowest BCUT2D eigenvalue weighted by atomic mass is 9.80. The van der Waals surface area contributed by atoms with Gasteiger partial charge in [-0.1, -0.05) is 19.1 Å². The minimum atomic E-state index is 0.315. The van der Waals surface area contributed by atoms with Crippen molar-refractivity contribution in [2.45, 2.75) is 39.0 Å². The maximum absolute atomic E-state index is 11.7. The molecule has 0 aromatic heterocycles. The lowest BCUT2D eigenvalue weighted by Crippen LogP contribution is -2.09. The fourth-order valence-electron chi connectivity index (χ4n) is 3.01. The molecule has 2 aliphatic rings. The Labute approximate surface area is 108 Å². The molecule has 1 aromatic carbocycles. The second-order valence-corrected chi connectivity index (χ2v) is 5.21. The molecule has 0 fully saturated rings. The zero-order valence-electron chi connectivity index (χ0n) is 11.0. The summed E-state index contributed by atoms with van der Waals surface area (Å²) in [4.78, 5) is 11.7. The Bertz CT molecular complexity index is 540. The lowest BCUT2D eigenvalue weighted by molar-refractivity contribution is -0.117. The molecule has 1 heterocycles. The molecule has 1 atom stereocenters. The van der Waals surface area contributed by atoms with Gasteiger partial charge < -0.3 is 4.74 Å². The summed E-state index contributed by atoms with van der Waals surface area (Å²) >= 11 is 0. The van der Waals surface area contributed by atoms with E-state index in [1.165, 1.54) is 22.3 Å². The van der Waals surface area contributed by atoms with Gasteiger partial charge in [-0.05, 0) is 36.1 Å². The molecule has 1 aromatic rings. The third-order valence-corrected chi connectivity index (χ3v) is 4.01. The Morgan fingerprint density at radius 1 is 1.44 bits per heavy atom. The highest BCUT2D eigenvalue weighted by Crippen LogP contribution is 2.46. The summed E-state index contributed by atoms with van der Waals surface area (Å²) in [6.45, 7) is 4.85. The third-order valence-electron chi connectivity index (χ3n) is 4.01. The van der Waals surface area contributed by atoms with E-state index >= 15 is 0 Å². The number of Topliss-reactive ketones (excluding diaryl/α,β-unsaturated/α-hetero) is 1. The van der Waals surface area contributed by atoms with Gasteiger partial charge in [0.25, 0.3) is 0 Å². The van der Waals surface area contributed by atoms with Crippen LogP contribution in [0.15, 0.2) is 18.2 Å². The Morgan fingerprint density at radius 3 is 3.06 bits per heavy atom. The molecule has 1 unspecified atom stereocenters. The summed E-state index contributed by atoms with van der Waals surface area (Å²) in [6.07, 6.45) is 4.44. The second-order valence-electron chi connectivity index (χ2n) is 5.21. The molecule has 0 saturated heterocycles. The molecular formula is C16H18O2. The van der Waals surface area contributed by atoms with Crippen molar-refractivity contribution in [3.63, 3.8) is 0 Å². The molecular weight excluding hydrogens is 224 g/mol. The number of benzene rings is 1. The van der Waals surface area contributed by atoms with E-state index < -0.39 is 0 Å². The number of rotatable bonds is 3. The molecule has 3 rings (SSSR count). The fraction of sp³-hybridized carbons (Fsp3) is 0.438. The van der Waals surface area contributed by atoms with Crippen molar-refractivity contribution >= 4 is 11.4 Å². The lowest BCUT2D eigenvalue weighted by Gasteiger charge is -2.22. The summed E-state index contributed by atoms with van der Waals surface area (Å²) < 4.78 is 5.74. The first-order chi connectivity index (χ1) is 8.70. The molecule has 1 aliphatic heterocycles. The predicted octanol–water partition coefficient (Wildman–Crippen LogP) is 3.63. The van der Waals surface area contributed by atoms with Crippen LogP contribution in [0.4, 0.5) is 0 Å². The first-order valence-corrected chi connectivity index (χ1v) is 6.68. The van der Waals surface area contributed by atoms with E-state index in [2.05, 4.69) is 25.1 Å². The Kier molecular flexibility index (Phi) is 2.73. The third kappa shape index (κ3) is 1.67. The number of carbonyl (C=O) groups is 1. The molecule has 0 N–H and O–H groups in total. The zero-order chi connectivity index (χ0) is 12.7. The summed E-state index contributed by atoms with van der Waals surface area (Å²) in [7, 11) is 0. The maximum Gasteiger partial charge on any atom is 0.137 e. The number of hydrogen-bond acceptors (Lipinski definition) is 2. The molecule has 0 amide bonds. The maximum atomic E-state index is 11.7. The number of hydrogen-bond donors (Lipinski definition) is 0. The molecule has 94 valence electrons. The number of aryl methyl sites for hydroxylation is 1. The van der Waals surface area contributed by atoms with Gasteiger partial charge in [-0.3, -0.25) is 4.79 Å². The predicted molar refractivity (Wildman–Crippen MR) is 71.9 cm³/mol. The van der Waals surface area contributed by atoms with Crippen LogP contribution in [0.1, 0.15) is 48.8 Å². The van der Waals surface area contributed by atoms with Crippen LogP contribution in [0.5, 0.6) is 5.75 Å². The molecule has 2 nitrogen and oxygen atoms in total. The van der Waals surface area contributed by atoms with Gasteiger partial charge in [0.05, 0.1) is 6.61 Å². The van der Waals surface area contributed by atoms with Crippen LogP contribution in [0, 0.1) is 6.92 Å². The highest BCUT2D eigenvalue weighted by Gasteiger charge is 2.31. The average molecular weight is 242 g/mol. The summed E-state index contributed by atoms with van der Waals surface area (Å²) in [6, 6.07) is 4.17. The topological polar surface area (TPSA) is 26.3 Å². The SMILES string of the molecule is CCC(=O)CC1=CCC2COc3ccc(C)c1c32. The molecule has 18 heavy (non-hydrogen) atoms. The monoisotopic (exact) mass is 242 g/mol. The van der Waals surface area contributed by atoms with Gasteiger partial charge in [-0.15, -0.1) is 0 Å². The van der Waals surface area contributed by atoms with Crippen LogP contribution in [-0.4, -0.2) is 12.4 Å². The number of carbonyl (C=O) groups excluding carboxylic acids is 1. The average Bonchev–Trinajstić information content (AvgIpc) is 2.79. The first kappa shape index (κ1) is 11.5. The molecule has 1 aliphatic carbocycles. The summed E-state index contributed by atoms with van der Waals surface area (Å²) in [5.41, 5.74) is 5.09. The van der Waals surface area contributed by atoms with Crippen LogP contribution < -0.4 is 4.74 Å². The van der Waals surface area contributed by atoms with E-state index in [1.807, 2.05) is 6.92 Å². The van der Waals surface area contributed by atoms with E-state index in [0.29, 0.717) is 24.5 Å². The quantitative estimate of drug-likeness (QED) is 0.809. The zero-order valence-corrected chi connectivity index (χ0v) is 11.0. The normalized spacial score (nSPS) is 20.1. The fourth-order valence-corrected chi connectivity index (χ4v) is 3.01. The second kappa shape index (κ2) is 4.27. The van der Waals surface area contributed by atoms with Gasteiger partial charge in [0.2, 0.25) is 0 Å². The standard InChI is InChI=1S/C16H18O2/c1-3-13(17)8-11-5-6-12-9-18-14-7-4-10(2)15(11)16(12)14/h4-5,7,12H,3,6,8-9H2,1-2H3. The van der Waals surface area contributed by atoms with Crippen LogP contribution in [0.3, 0.4) is 0 Å². The van der Waals surface area contributed by atoms with Crippen molar-refractivity contribution in [1.29, 1.82) is 0 Å². The first-order valence-electron chi connectivity index (χ1n) is 6.68. The van der Waals surface area contributed by atoms with Gasteiger partial charge in [0.15, 0.2) is 0 Å². The molecule has 2 heteroatoms. The molecule has 0 radical (unpaired) electrons. The van der Waals surface area contributed by atoms with Gasteiger partial charge in [-0.25, -0.2) is 0 Å². The van der Waals surface area contributed by atoms with Gasteiger partial charge in [0, 0.05) is 24.3 Å². The minimum Gasteiger partial charge on any atom is -0.493 e. The summed E-state index contributed by atoms with van der Waals surface area (Å²) in [5, 5.41) is 0. The Balaban J connectivity index is 2.07. The van der Waals surface area contributed by atoms with Crippen molar-refractivity contribution in [2.75, 3.05) is 6.61 Å². The van der Waals surface area contributed by atoms with Crippen molar-refractivity contribution < 1.29 is 9.53 Å². The van der Waals surface area contributed by atoms with Gasteiger partial charge in [0.1, 0.15) is 11.5 Å². The number of ketones is 1. The van der Waals surface area contributed by atoms with Crippen molar-refractivity contribution in [3.8, 4) is 5.75 Å². The Morgan fingerprint density at radius 2 is 2.28 bits per heavy atom. The minimum absolute atomic E-state index is 0.315. The van der Waals surface area contributed by atoms with E-state index in [0.717, 1.165) is 18.8 Å². The highest BCUT2D eigenvalue weighted by molar-refractivity contribution is 5.92. The van der Waals surface area contributed by atoms with Gasteiger partial charge in [-0.2, -0.15) is 0 Å². The smallest absolute Gasteiger partial charge is 0.137 e. The van der Waals surface area contributed by atoms with E-state index in [1.54, 1.807) is 0 Å². The van der Waals surface area contributed by atoms with Gasteiger partial charge >= 0.3 is 0 Å². The number of allylic oxidation sites excluding steroid dienone is 2. The van der Waals surface area contributed by atoms with E-state index in [4.69, 9.17) is 4.74 Å². The van der Waals surface area contributed by atoms with Crippen molar-refractivity contribution in [3.05, 3.63) is 34.9 Å². The van der Waals surface area contributed by atoms with Crippen molar-refractivity contribution in [2.24, 2.45) is 0 Å². The van der Waals surface area contributed by atoms with E-state index in [9.17, 15) is 4.79 Å². The molecule has 0 spiro atoms. The Hall–Kier alpha value is -1.57. The molecule has 0 saturated carbocycles. The van der Waals surface area contributed by atoms with Crippen LogP contribution in [0.25, 0.3) is 5.57 Å². The highest BCUT2D eigenvalue weighted by atomic mass is 16.5.